The number of hydrogen-bond donors (Lipinski definition) is 10. The number of amides is 1. The Bertz CT molecular complexity index is 1210. The smallest absolute Gasteiger partial charge is 0.330 e. The maximum Gasteiger partial charge on any atom is 0.330 e. The molecule has 0 bridgehead atoms. The van der Waals surface area contributed by atoms with E-state index in [2.05, 4.69) is 9.47 Å². The zero-order valence-electron chi connectivity index (χ0n) is 29.3. The third-order valence-electron chi connectivity index (χ3n) is 5.89. The Morgan fingerprint density at radius 1 is 0.686 bits per heavy atom. The van der Waals surface area contributed by atoms with Crippen molar-refractivity contribution in [2.24, 2.45) is 46.1 Å². The van der Waals surface area contributed by atoms with Gasteiger partial charge in [0.15, 0.2) is 0 Å². The van der Waals surface area contributed by atoms with Gasteiger partial charge in [-0.05, 0) is 56.1 Å². The molecule has 0 aliphatic rings. The molecule has 0 saturated carbocycles. The number of hydrogen-bond acceptors (Lipinski definition) is 16. The van der Waals surface area contributed by atoms with Crippen molar-refractivity contribution >= 4 is 53.5 Å². The molecule has 0 saturated heterocycles. The summed E-state index contributed by atoms with van der Waals surface area (Å²) in [5, 5.41) is 25.2. The summed E-state index contributed by atoms with van der Waals surface area (Å²) in [5.74, 6) is -4.84. The van der Waals surface area contributed by atoms with Crippen LogP contribution >= 0.6 is 11.8 Å². The zero-order chi connectivity index (χ0) is 40.3. The van der Waals surface area contributed by atoms with E-state index >= 15 is 0 Å². The van der Waals surface area contributed by atoms with Gasteiger partial charge in [-0.1, -0.05) is 44.2 Å². The van der Waals surface area contributed by atoms with Crippen molar-refractivity contribution in [3.63, 3.8) is 0 Å². The largest absolute Gasteiger partial charge is 0.480 e. The van der Waals surface area contributed by atoms with Crippen molar-refractivity contribution in [2.75, 3.05) is 18.6 Å². The molecule has 0 spiro atoms. The Hall–Kier alpha value is -4.18. The van der Waals surface area contributed by atoms with Gasteiger partial charge >= 0.3 is 35.8 Å². The topological polar surface area (TPSA) is 381 Å². The number of esters is 3. The monoisotopic (exact) mass is 749 g/mol. The Kier molecular flexibility index (Phi) is 29.7. The second-order valence-electron chi connectivity index (χ2n) is 11.3. The predicted octanol–water partition coefficient (Wildman–Crippen LogP) is -1.90. The van der Waals surface area contributed by atoms with Crippen LogP contribution in [-0.4, -0.2) is 112 Å². The molecule has 0 aliphatic heterocycles. The van der Waals surface area contributed by atoms with Crippen molar-refractivity contribution in [1.29, 1.82) is 0 Å². The Balaban J connectivity index is -0.000000608. The van der Waals surface area contributed by atoms with Crippen LogP contribution in [0.15, 0.2) is 30.3 Å². The van der Waals surface area contributed by atoms with Crippen LogP contribution in [0, 0.1) is 5.92 Å². The second kappa shape index (κ2) is 29.5. The Labute approximate surface area is 301 Å². The van der Waals surface area contributed by atoms with Gasteiger partial charge < -0.3 is 64.9 Å². The molecule has 6 atom stereocenters. The van der Waals surface area contributed by atoms with Gasteiger partial charge in [-0.25, -0.2) is 9.59 Å². The van der Waals surface area contributed by atoms with E-state index in [0.717, 1.165) is 11.3 Å². The molecule has 17 N–H and O–H groups in total. The SMILES string of the molecule is CC(C)C[C@H](N)C(=O)OC[C@H](N)C(=O)O.CSCC[C@H](N)C(=O)OC(=O)[C@H](C)N.NC(=O)CC[C@H](N)C(=O)O.N[C@@H](Cc1ccccc1)C(=O)O. The summed E-state index contributed by atoms with van der Waals surface area (Å²) in [4.78, 5) is 74.1. The van der Waals surface area contributed by atoms with E-state index in [1.807, 2.05) is 50.4 Å². The van der Waals surface area contributed by atoms with Crippen molar-refractivity contribution in [3.05, 3.63) is 35.9 Å². The van der Waals surface area contributed by atoms with Gasteiger partial charge in [0.1, 0.15) is 42.9 Å². The molecule has 0 unspecified atom stereocenters. The highest BCUT2D eigenvalue weighted by atomic mass is 32.2. The van der Waals surface area contributed by atoms with Crippen molar-refractivity contribution < 1.29 is 58.4 Å². The van der Waals surface area contributed by atoms with Gasteiger partial charge in [0.25, 0.3) is 0 Å². The molecular weight excluding hydrogens is 694 g/mol. The first-order valence-electron chi connectivity index (χ1n) is 15.5. The fourth-order valence-corrected chi connectivity index (χ4v) is 3.45. The van der Waals surface area contributed by atoms with Crippen LogP contribution in [0.1, 0.15) is 52.0 Å². The van der Waals surface area contributed by atoms with E-state index in [-0.39, 0.29) is 25.4 Å². The molecule has 0 aliphatic carbocycles. The molecule has 0 aromatic heterocycles. The Morgan fingerprint density at radius 2 is 1.20 bits per heavy atom. The molecule has 0 heterocycles. The summed E-state index contributed by atoms with van der Waals surface area (Å²) < 4.78 is 9.09. The lowest BCUT2D eigenvalue weighted by atomic mass is 10.1. The highest BCUT2D eigenvalue weighted by Crippen LogP contribution is 2.04. The minimum Gasteiger partial charge on any atom is -0.480 e. The summed E-state index contributed by atoms with van der Waals surface area (Å²) in [6.07, 6.45) is 3.41. The molecule has 1 aromatic rings. The van der Waals surface area contributed by atoms with E-state index in [1.165, 1.54) is 6.92 Å². The fraction of sp³-hybridized carbons (Fsp3) is 0.581. The van der Waals surface area contributed by atoms with Gasteiger partial charge in [-0.3, -0.25) is 24.0 Å². The number of carbonyl (C=O) groups excluding carboxylic acids is 4. The highest BCUT2D eigenvalue weighted by molar-refractivity contribution is 7.98. The van der Waals surface area contributed by atoms with Crippen LogP contribution in [0.2, 0.25) is 0 Å². The summed E-state index contributed by atoms with van der Waals surface area (Å²) in [6.45, 7) is 4.95. The van der Waals surface area contributed by atoms with Gasteiger partial charge in [0, 0.05) is 6.42 Å². The normalized spacial score (nSPS) is 13.7. The number of rotatable bonds is 18. The first-order chi connectivity index (χ1) is 23.6. The maximum atomic E-state index is 11.2. The first-order valence-corrected chi connectivity index (χ1v) is 16.9. The summed E-state index contributed by atoms with van der Waals surface area (Å²) in [6, 6.07) is 4.11. The summed E-state index contributed by atoms with van der Waals surface area (Å²) in [5.41, 5.74) is 37.5. The lowest BCUT2D eigenvalue weighted by Crippen LogP contribution is -2.40. The van der Waals surface area contributed by atoms with E-state index in [4.69, 9.17) is 55.5 Å². The van der Waals surface area contributed by atoms with Crippen LogP contribution in [0.25, 0.3) is 0 Å². The number of primary amides is 1. The van der Waals surface area contributed by atoms with Gasteiger partial charge in [-0.15, -0.1) is 0 Å². The third kappa shape index (κ3) is 30.4. The number of benzene rings is 1. The van der Waals surface area contributed by atoms with E-state index < -0.39 is 78.0 Å². The quantitative estimate of drug-likeness (QED) is 0.0579. The maximum absolute atomic E-state index is 11.2. The van der Waals surface area contributed by atoms with Crippen LogP contribution in [-0.2, 0) is 49.5 Å². The predicted molar refractivity (Wildman–Crippen MR) is 190 cm³/mol. The molecule has 1 amide bonds. The van der Waals surface area contributed by atoms with Crippen LogP contribution in [0.3, 0.4) is 0 Å². The van der Waals surface area contributed by atoms with Crippen molar-refractivity contribution in [2.45, 2.75) is 89.1 Å². The summed E-state index contributed by atoms with van der Waals surface area (Å²) >= 11 is 1.58. The Morgan fingerprint density at radius 3 is 1.61 bits per heavy atom. The molecule has 51 heavy (non-hydrogen) atoms. The minimum absolute atomic E-state index is 0.0213. The molecule has 20 heteroatoms. The number of carboxylic acid groups (broad SMARTS) is 3. The number of carbonyl (C=O) groups is 7. The molecule has 1 rings (SSSR count). The highest BCUT2D eigenvalue weighted by Gasteiger charge is 2.21. The standard InChI is InChI=1S/C9H18N2O4.C9H11NO2.C8H16N2O3S.C5H10N2O3/c1-5(2)3-6(10)9(14)15-4-7(11)8(12)13;10-8(9(11)12)6-7-4-2-1-3-5-7;1-5(9)7(11)13-8(12)6(10)3-4-14-2;6-3(5(9)10)1-2-4(7)8/h5-7H,3-4,10-11H2,1-2H3,(H,12,13);1-5,8H,6,10H2,(H,11,12);5-6H,3-4,9-10H2,1-2H3;3H,1-2,6H2,(H2,7,8)(H,9,10)/t6-,7-;8-;5-,6-;3-/m0000/s1. The number of nitrogens with two attached hydrogens (primary N) is 7. The molecule has 0 fully saturated rings. The fourth-order valence-electron chi connectivity index (χ4n) is 2.96. The minimum atomic E-state index is -1.21. The number of ether oxygens (including phenoxy) is 2. The third-order valence-corrected chi connectivity index (χ3v) is 6.54. The molecule has 19 nitrogen and oxygen atoms in total. The van der Waals surface area contributed by atoms with Crippen LogP contribution in [0.4, 0.5) is 0 Å². The van der Waals surface area contributed by atoms with Crippen LogP contribution < -0.4 is 40.1 Å². The lowest BCUT2D eigenvalue weighted by Gasteiger charge is -2.14. The summed E-state index contributed by atoms with van der Waals surface area (Å²) in [7, 11) is 0. The van der Waals surface area contributed by atoms with Gasteiger partial charge in [0.2, 0.25) is 5.91 Å². The van der Waals surface area contributed by atoms with E-state index in [0.29, 0.717) is 19.3 Å². The molecular formula is C31H55N7O12S. The molecule has 0 radical (unpaired) electrons. The number of carboxylic acids is 3. The van der Waals surface area contributed by atoms with Crippen LogP contribution in [0.5, 0.6) is 0 Å². The molecule has 1 aromatic carbocycles. The van der Waals surface area contributed by atoms with Crippen molar-refractivity contribution in [1.82, 2.24) is 0 Å². The van der Waals surface area contributed by atoms with Gasteiger partial charge in [0.05, 0.1) is 0 Å². The average molecular weight is 750 g/mol. The zero-order valence-corrected chi connectivity index (χ0v) is 30.2. The molecule has 292 valence electrons. The first kappa shape index (κ1) is 51.2. The van der Waals surface area contributed by atoms with Crippen molar-refractivity contribution in [3.8, 4) is 0 Å². The second-order valence-corrected chi connectivity index (χ2v) is 12.3. The number of thioether (sulfide) groups is 1. The van der Waals surface area contributed by atoms with Gasteiger partial charge in [-0.2, -0.15) is 11.8 Å². The lowest BCUT2D eigenvalue weighted by molar-refractivity contribution is -0.161. The average Bonchev–Trinajstić information content (AvgIpc) is 3.05. The number of aliphatic carboxylic acids is 3. The van der Waals surface area contributed by atoms with E-state index in [9.17, 15) is 33.6 Å². The van der Waals surface area contributed by atoms with E-state index in [1.54, 1.807) is 11.8 Å².